The molecule has 13 heavy (non-hydrogen) atoms. The van der Waals surface area contributed by atoms with Crippen LogP contribution in [0.15, 0.2) is 0 Å². The lowest BCUT2D eigenvalue weighted by atomic mass is 10.1. The molecule has 0 aromatic heterocycles. The monoisotopic (exact) mass is 189 g/mol. The van der Waals surface area contributed by atoms with Gasteiger partial charge in [0.25, 0.3) is 0 Å². The molecule has 0 rings (SSSR count). The van der Waals surface area contributed by atoms with Crippen LogP contribution in [0.25, 0.3) is 0 Å². The topological polar surface area (TPSA) is 12.5 Å². The Bertz CT molecular complexity index is 84.2. The standard InChI is InChI=1S/C9H21NO.C2H6/c1-9(8-11-4)6-5-7-10(2)3;1-2/h9H,5-8H2,1-4H3;1-2H3. The highest BCUT2D eigenvalue weighted by Crippen LogP contribution is 2.05. The van der Waals surface area contributed by atoms with E-state index >= 15 is 0 Å². The molecule has 1 atom stereocenters. The lowest BCUT2D eigenvalue weighted by molar-refractivity contribution is 0.153. The maximum atomic E-state index is 5.05. The molecule has 0 bridgehead atoms. The van der Waals surface area contributed by atoms with E-state index in [0.29, 0.717) is 5.92 Å². The minimum Gasteiger partial charge on any atom is -0.384 e. The molecule has 0 saturated heterocycles. The van der Waals surface area contributed by atoms with Crippen LogP contribution in [0.1, 0.15) is 33.6 Å². The molecule has 0 aromatic rings. The van der Waals surface area contributed by atoms with Gasteiger partial charge < -0.3 is 9.64 Å². The first-order chi connectivity index (χ1) is 6.16. The first kappa shape index (κ1) is 15.4. The summed E-state index contributed by atoms with van der Waals surface area (Å²) in [6.07, 6.45) is 2.55. The molecular formula is C11H27NO. The second-order valence-corrected chi connectivity index (χ2v) is 3.51. The van der Waals surface area contributed by atoms with Gasteiger partial charge in [0, 0.05) is 13.7 Å². The Kier molecular flexibility index (Phi) is 14.1. The highest BCUT2D eigenvalue weighted by molar-refractivity contribution is 4.53. The number of methoxy groups -OCH3 is 1. The molecule has 0 N–H and O–H groups in total. The number of rotatable bonds is 6. The molecule has 0 fully saturated rings. The van der Waals surface area contributed by atoms with Gasteiger partial charge in [-0.2, -0.15) is 0 Å². The first-order valence-electron chi connectivity index (χ1n) is 5.30. The Morgan fingerprint density at radius 3 is 2.15 bits per heavy atom. The molecule has 0 amide bonds. The van der Waals surface area contributed by atoms with E-state index in [2.05, 4.69) is 25.9 Å². The van der Waals surface area contributed by atoms with Gasteiger partial charge in [0.2, 0.25) is 0 Å². The molecular weight excluding hydrogens is 162 g/mol. The van der Waals surface area contributed by atoms with Crippen LogP contribution >= 0.6 is 0 Å². The molecule has 0 radical (unpaired) electrons. The zero-order valence-corrected chi connectivity index (χ0v) is 10.3. The van der Waals surface area contributed by atoms with Crippen molar-refractivity contribution in [3.63, 3.8) is 0 Å². The van der Waals surface area contributed by atoms with Gasteiger partial charge in [-0.15, -0.1) is 0 Å². The van der Waals surface area contributed by atoms with Crippen molar-refractivity contribution < 1.29 is 4.74 Å². The van der Waals surface area contributed by atoms with E-state index in [0.717, 1.165) is 6.61 Å². The van der Waals surface area contributed by atoms with E-state index in [-0.39, 0.29) is 0 Å². The fourth-order valence-electron chi connectivity index (χ4n) is 1.12. The quantitative estimate of drug-likeness (QED) is 0.637. The van der Waals surface area contributed by atoms with Gasteiger partial charge in [0.1, 0.15) is 0 Å². The van der Waals surface area contributed by atoms with Crippen molar-refractivity contribution >= 4 is 0 Å². The molecule has 0 saturated carbocycles. The van der Waals surface area contributed by atoms with Gasteiger partial charge in [0.05, 0.1) is 0 Å². The summed E-state index contributed by atoms with van der Waals surface area (Å²) in [6.45, 7) is 8.32. The number of nitrogens with zero attached hydrogens (tertiary/aromatic N) is 1. The fourth-order valence-corrected chi connectivity index (χ4v) is 1.12. The van der Waals surface area contributed by atoms with Crippen LogP contribution in [0.5, 0.6) is 0 Å². The Morgan fingerprint density at radius 2 is 1.77 bits per heavy atom. The Hall–Kier alpha value is -0.0800. The lowest BCUT2D eigenvalue weighted by Crippen LogP contribution is -2.14. The van der Waals surface area contributed by atoms with Gasteiger partial charge in [-0.1, -0.05) is 20.8 Å². The fraction of sp³-hybridized carbons (Fsp3) is 1.00. The van der Waals surface area contributed by atoms with E-state index in [9.17, 15) is 0 Å². The molecule has 0 aliphatic heterocycles. The van der Waals surface area contributed by atoms with Crippen molar-refractivity contribution in [1.29, 1.82) is 0 Å². The van der Waals surface area contributed by atoms with Crippen molar-refractivity contribution in [3.05, 3.63) is 0 Å². The van der Waals surface area contributed by atoms with Crippen molar-refractivity contribution in [2.45, 2.75) is 33.6 Å². The van der Waals surface area contributed by atoms with Gasteiger partial charge in [-0.05, 0) is 39.4 Å². The SMILES string of the molecule is CC.COCC(C)CCCN(C)C. The number of hydrogen-bond acceptors (Lipinski definition) is 2. The summed E-state index contributed by atoms with van der Waals surface area (Å²) >= 11 is 0. The van der Waals surface area contributed by atoms with Crippen molar-refractivity contribution in [1.82, 2.24) is 4.90 Å². The molecule has 0 spiro atoms. The molecule has 1 unspecified atom stereocenters. The summed E-state index contributed by atoms with van der Waals surface area (Å²) in [6, 6.07) is 0. The highest BCUT2D eigenvalue weighted by atomic mass is 16.5. The Balaban J connectivity index is 0. The van der Waals surface area contributed by atoms with Gasteiger partial charge >= 0.3 is 0 Å². The summed E-state index contributed by atoms with van der Waals surface area (Å²) in [7, 11) is 5.99. The third-order valence-corrected chi connectivity index (χ3v) is 1.75. The van der Waals surface area contributed by atoms with Crippen LogP contribution in [-0.4, -0.2) is 39.3 Å². The molecule has 82 valence electrons. The van der Waals surface area contributed by atoms with Crippen LogP contribution in [0.4, 0.5) is 0 Å². The molecule has 0 aromatic carbocycles. The minimum absolute atomic E-state index is 0.708. The van der Waals surface area contributed by atoms with E-state index in [1.807, 2.05) is 13.8 Å². The lowest BCUT2D eigenvalue weighted by Gasteiger charge is -2.12. The van der Waals surface area contributed by atoms with Crippen molar-refractivity contribution in [3.8, 4) is 0 Å². The van der Waals surface area contributed by atoms with E-state index in [1.165, 1.54) is 19.4 Å². The minimum atomic E-state index is 0.708. The maximum Gasteiger partial charge on any atom is 0.0487 e. The summed E-state index contributed by atoms with van der Waals surface area (Å²) in [5.74, 6) is 0.708. The van der Waals surface area contributed by atoms with E-state index in [4.69, 9.17) is 4.74 Å². The van der Waals surface area contributed by atoms with Crippen LogP contribution in [0.2, 0.25) is 0 Å². The molecule has 0 heterocycles. The highest BCUT2D eigenvalue weighted by Gasteiger charge is 2.00. The molecule has 2 heteroatoms. The zero-order chi connectivity index (χ0) is 10.7. The normalized spacial score (nSPS) is 12.2. The Labute approximate surface area is 84.3 Å². The smallest absolute Gasteiger partial charge is 0.0487 e. The molecule has 0 aliphatic carbocycles. The summed E-state index contributed by atoms with van der Waals surface area (Å²) in [4.78, 5) is 2.22. The second-order valence-electron chi connectivity index (χ2n) is 3.51. The third kappa shape index (κ3) is 14.7. The maximum absolute atomic E-state index is 5.05. The van der Waals surface area contributed by atoms with E-state index < -0.39 is 0 Å². The predicted octanol–water partition coefficient (Wildman–Crippen LogP) is 2.64. The van der Waals surface area contributed by atoms with Crippen LogP contribution in [-0.2, 0) is 4.74 Å². The van der Waals surface area contributed by atoms with Crippen molar-refractivity contribution in [2.24, 2.45) is 5.92 Å². The summed E-state index contributed by atoms with van der Waals surface area (Å²) < 4.78 is 5.05. The van der Waals surface area contributed by atoms with Gasteiger partial charge in [-0.3, -0.25) is 0 Å². The first-order valence-corrected chi connectivity index (χ1v) is 5.30. The van der Waals surface area contributed by atoms with Crippen LogP contribution in [0, 0.1) is 5.92 Å². The summed E-state index contributed by atoms with van der Waals surface area (Å²) in [5.41, 5.74) is 0. The largest absolute Gasteiger partial charge is 0.384 e. The zero-order valence-electron chi connectivity index (χ0n) is 10.3. The predicted molar refractivity (Wildman–Crippen MR) is 60.2 cm³/mol. The number of ether oxygens (including phenoxy) is 1. The van der Waals surface area contributed by atoms with E-state index in [1.54, 1.807) is 7.11 Å². The van der Waals surface area contributed by atoms with Crippen molar-refractivity contribution in [2.75, 3.05) is 34.4 Å². The van der Waals surface area contributed by atoms with Crippen LogP contribution in [0.3, 0.4) is 0 Å². The summed E-state index contributed by atoms with van der Waals surface area (Å²) in [5, 5.41) is 0. The molecule has 0 aliphatic rings. The average molecular weight is 189 g/mol. The second kappa shape index (κ2) is 11.9. The van der Waals surface area contributed by atoms with Gasteiger partial charge in [-0.25, -0.2) is 0 Å². The average Bonchev–Trinajstić information content (AvgIpc) is 2.08. The molecule has 2 nitrogen and oxygen atoms in total. The van der Waals surface area contributed by atoms with Gasteiger partial charge in [0.15, 0.2) is 0 Å². The Morgan fingerprint density at radius 1 is 1.23 bits per heavy atom. The van der Waals surface area contributed by atoms with Crippen LogP contribution < -0.4 is 0 Å². The number of hydrogen-bond donors (Lipinski definition) is 0. The third-order valence-electron chi connectivity index (χ3n) is 1.75.